The number of benzene rings is 4. The van der Waals surface area contributed by atoms with E-state index in [1.165, 1.54) is 0 Å². The third-order valence-electron chi connectivity index (χ3n) is 4.03. The van der Waals surface area contributed by atoms with E-state index in [2.05, 4.69) is 0 Å². The van der Waals surface area contributed by atoms with Gasteiger partial charge in [0.15, 0.2) is 0 Å². The van der Waals surface area contributed by atoms with E-state index in [1.54, 1.807) is 52.0 Å². The summed E-state index contributed by atoms with van der Waals surface area (Å²) in [7, 11) is 0. The number of fused-ring (bicyclic) bond motifs is 2. The van der Waals surface area contributed by atoms with Crippen LogP contribution in [-0.2, 0) is 26.2 Å². The van der Waals surface area contributed by atoms with Gasteiger partial charge in [0.2, 0.25) is 0 Å². The van der Waals surface area contributed by atoms with Crippen molar-refractivity contribution in [1.29, 1.82) is 0 Å². The summed E-state index contributed by atoms with van der Waals surface area (Å²) in [6.45, 7) is 6.44. The van der Waals surface area contributed by atoms with Gasteiger partial charge in [0.05, 0.1) is 0 Å². The zero-order valence-electron chi connectivity index (χ0n) is 18.2. The molecule has 0 saturated heterocycles. The molecule has 0 unspecified atom stereocenters. The second-order valence-corrected chi connectivity index (χ2v) is 7.42. The predicted octanol–water partition coefficient (Wildman–Crippen LogP) is 3.31. The number of hydrogen-bond acceptors (Lipinski definition) is 4. The Morgan fingerprint density at radius 2 is 0.806 bits per heavy atom. The summed E-state index contributed by atoms with van der Waals surface area (Å²) in [6.07, 6.45) is -0.833. The minimum atomic E-state index is -0.417. The fourth-order valence-electron chi connectivity index (χ4n) is 3.02. The third-order valence-corrected chi connectivity index (χ3v) is 4.03. The summed E-state index contributed by atoms with van der Waals surface area (Å²) in [5.74, 6) is -0.237. The molecule has 4 aromatic carbocycles. The van der Waals surface area contributed by atoms with E-state index in [4.69, 9.17) is 0 Å². The van der Waals surface area contributed by atoms with Crippen LogP contribution in [0.4, 0.5) is 0 Å². The fourth-order valence-corrected chi connectivity index (χ4v) is 3.02. The molecule has 5 heteroatoms. The molecule has 0 aliphatic rings. The molecule has 0 aromatic heterocycles. The Kier molecular flexibility index (Phi) is 10.9. The van der Waals surface area contributed by atoms with Gasteiger partial charge in [-0.2, -0.15) is 0 Å². The Bertz CT molecular complexity index is 1010. The van der Waals surface area contributed by atoms with Crippen molar-refractivity contribution in [1.82, 2.24) is 0 Å². The van der Waals surface area contributed by atoms with Gasteiger partial charge in [0.1, 0.15) is 0 Å². The Morgan fingerprint density at radius 1 is 0.516 bits per heavy atom. The van der Waals surface area contributed by atoms with E-state index in [9.17, 15) is 20.4 Å². The Hall–Kier alpha value is -2.20. The maximum atomic E-state index is 12.5. The van der Waals surface area contributed by atoms with Gasteiger partial charge >= 0.3 is 26.2 Å². The molecule has 0 aliphatic heterocycles. The van der Waals surface area contributed by atoms with Crippen LogP contribution in [0.25, 0.3) is 32.7 Å². The van der Waals surface area contributed by atoms with Crippen LogP contribution in [0.15, 0.2) is 72.8 Å². The van der Waals surface area contributed by atoms with Crippen LogP contribution in [-0.4, -0.2) is 12.2 Å². The van der Waals surface area contributed by atoms with E-state index in [0.29, 0.717) is 11.1 Å². The molecule has 0 amide bonds. The molecule has 0 spiro atoms. The Labute approximate surface area is 202 Å². The summed E-state index contributed by atoms with van der Waals surface area (Å²) in [6, 6.07) is 22.0. The molecule has 4 nitrogen and oxygen atoms in total. The van der Waals surface area contributed by atoms with Crippen molar-refractivity contribution in [3.05, 3.63) is 72.8 Å². The molecular weight excluding hydrogens is 468 g/mol. The molecule has 158 valence electrons. The minimum absolute atomic E-state index is 0. The van der Waals surface area contributed by atoms with Crippen LogP contribution < -0.4 is 20.4 Å². The quantitative estimate of drug-likeness (QED) is 0.407. The van der Waals surface area contributed by atoms with Gasteiger partial charge in [-0.15, -0.1) is 23.7 Å². The molecule has 0 saturated carbocycles. The normalized spacial score (nSPS) is 10.2. The topological polar surface area (TPSA) is 92.2 Å². The summed E-state index contributed by atoms with van der Waals surface area (Å²) in [5.41, 5.74) is 1.000. The second-order valence-electron chi connectivity index (χ2n) is 7.42. The average molecular weight is 494 g/mol. The van der Waals surface area contributed by atoms with Crippen molar-refractivity contribution >= 4 is 21.5 Å². The van der Waals surface area contributed by atoms with E-state index in [1.807, 2.05) is 48.5 Å². The first-order chi connectivity index (χ1) is 14.2. The van der Waals surface area contributed by atoms with E-state index < -0.39 is 12.2 Å². The van der Waals surface area contributed by atoms with Crippen LogP contribution in [0.1, 0.15) is 27.7 Å². The van der Waals surface area contributed by atoms with Gasteiger partial charge in [-0.25, -0.2) is 0 Å². The van der Waals surface area contributed by atoms with Crippen LogP contribution in [0.5, 0.6) is 11.5 Å². The fraction of sp³-hybridized carbons (Fsp3) is 0.231. The van der Waals surface area contributed by atoms with Crippen molar-refractivity contribution in [2.75, 3.05) is 0 Å². The SMILES string of the molecule is CC(C)[O-].CC(C)[O-].[O-]c1ccc2ccccc2c1-c1c([O-])ccc2ccccc12.[Zr+4]. The Morgan fingerprint density at radius 3 is 1.13 bits per heavy atom. The van der Waals surface area contributed by atoms with Crippen LogP contribution in [0.3, 0.4) is 0 Å². The zero-order valence-corrected chi connectivity index (χ0v) is 20.7. The van der Waals surface area contributed by atoms with Crippen LogP contribution in [0.2, 0.25) is 0 Å². The molecule has 0 aliphatic carbocycles. The molecule has 0 radical (unpaired) electrons. The van der Waals surface area contributed by atoms with Crippen molar-refractivity contribution < 1.29 is 46.6 Å². The van der Waals surface area contributed by atoms with E-state index >= 15 is 0 Å². The molecule has 0 atom stereocenters. The van der Waals surface area contributed by atoms with Gasteiger partial charge in [0.25, 0.3) is 0 Å². The second kappa shape index (κ2) is 12.6. The molecule has 0 heterocycles. The van der Waals surface area contributed by atoms with Gasteiger partial charge in [-0.1, -0.05) is 100 Å². The van der Waals surface area contributed by atoms with E-state index in [-0.39, 0.29) is 37.7 Å². The molecule has 0 N–H and O–H groups in total. The summed E-state index contributed by atoms with van der Waals surface area (Å²) in [4.78, 5) is 0. The monoisotopic (exact) mass is 492 g/mol. The van der Waals surface area contributed by atoms with Crippen molar-refractivity contribution in [2.24, 2.45) is 0 Å². The standard InChI is InChI=1S/C20H14O2.2C3H7O.Zr/c21-17-11-9-13-5-1-3-7-15(13)19(17)20-16-8-4-2-6-14(16)10-12-18(20)22;2*1-3(2)4;/h1-12,21-22H;2*3H,1-2H3;/q;2*-1;+4/p-2. The molecule has 0 bridgehead atoms. The third kappa shape index (κ3) is 7.46. The van der Waals surface area contributed by atoms with Crippen LogP contribution in [0, 0.1) is 0 Å². The van der Waals surface area contributed by atoms with Crippen LogP contribution >= 0.6 is 0 Å². The minimum Gasteiger partial charge on any atom is -0.872 e. The summed E-state index contributed by atoms with van der Waals surface area (Å²) >= 11 is 0. The number of rotatable bonds is 1. The largest absolute Gasteiger partial charge is 4.00 e. The van der Waals surface area contributed by atoms with Gasteiger partial charge in [-0.05, 0) is 32.7 Å². The smallest absolute Gasteiger partial charge is 0.872 e. The molecule has 4 rings (SSSR count). The van der Waals surface area contributed by atoms with Gasteiger partial charge in [-0.3, -0.25) is 0 Å². The predicted molar refractivity (Wildman–Crippen MR) is 116 cm³/mol. The van der Waals surface area contributed by atoms with Gasteiger partial charge in [0, 0.05) is 0 Å². The maximum absolute atomic E-state index is 12.5. The first-order valence-corrected chi connectivity index (χ1v) is 9.92. The zero-order chi connectivity index (χ0) is 22.3. The molecular formula is C26H26O4Zr. The summed E-state index contributed by atoms with van der Waals surface area (Å²) in [5, 5.41) is 47.6. The van der Waals surface area contributed by atoms with Gasteiger partial charge < -0.3 is 20.4 Å². The maximum Gasteiger partial charge on any atom is 4.00 e. The number of hydrogen-bond donors (Lipinski definition) is 0. The van der Waals surface area contributed by atoms with Crippen molar-refractivity contribution in [3.8, 4) is 22.6 Å². The van der Waals surface area contributed by atoms with Crippen molar-refractivity contribution in [2.45, 2.75) is 39.9 Å². The molecule has 4 aromatic rings. The summed E-state index contributed by atoms with van der Waals surface area (Å²) < 4.78 is 0. The van der Waals surface area contributed by atoms with E-state index in [0.717, 1.165) is 21.5 Å². The molecule has 0 fully saturated rings. The first kappa shape index (κ1) is 26.8. The average Bonchev–Trinajstić information content (AvgIpc) is 2.68. The molecule has 31 heavy (non-hydrogen) atoms. The van der Waals surface area contributed by atoms with Crippen molar-refractivity contribution in [3.63, 3.8) is 0 Å². The Balaban J connectivity index is 0.000000465. The first-order valence-electron chi connectivity index (χ1n) is 9.92.